The number of benzene rings is 1. The molecule has 0 aliphatic carbocycles. The molecule has 1 amide bonds. The molecule has 3 rings (SSSR count). The van der Waals surface area contributed by atoms with Gasteiger partial charge in [0.15, 0.2) is 5.82 Å². The molecule has 6 nitrogen and oxygen atoms in total. The largest absolute Gasteiger partial charge is 0.309 e. The van der Waals surface area contributed by atoms with Crippen molar-refractivity contribution < 1.29 is 4.79 Å². The third kappa shape index (κ3) is 4.57. The molecular weight excluding hydrogens is 382 g/mol. The van der Waals surface area contributed by atoms with Crippen LogP contribution in [0.3, 0.4) is 0 Å². The number of nitrogens with one attached hydrogen (secondary N) is 1. The lowest BCUT2D eigenvalue weighted by Crippen LogP contribution is -2.16. The van der Waals surface area contributed by atoms with Crippen LogP contribution in [0.2, 0.25) is 0 Å². The van der Waals surface area contributed by atoms with E-state index in [1.165, 1.54) is 11.1 Å². The van der Waals surface area contributed by atoms with E-state index >= 15 is 0 Å². The van der Waals surface area contributed by atoms with Crippen molar-refractivity contribution in [3.8, 4) is 0 Å². The fraction of sp³-hybridized carbons (Fsp3) is 0.278. The Kier molecular flexibility index (Phi) is 5.33. The minimum Gasteiger partial charge on any atom is -0.309 e. The summed E-state index contributed by atoms with van der Waals surface area (Å²) in [7, 11) is 0. The second-order valence-electron chi connectivity index (χ2n) is 5.99. The highest BCUT2D eigenvalue weighted by Gasteiger charge is 2.08. The van der Waals surface area contributed by atoms with Gasteiger partial charge in [-0.05, 0) is 35.3 Å². The molecule has 0 radical (unpaired) electrons. The maximum Gasteiger partial charge on any atom is 0.227 e. The Hall–Kier alpha value is -2.41. The van der Waals surface area contributed by atoms with E-state index < -0.39 is 0 Å². The number of hydrogen-bond acceptors (Lipinski definition) is 3. The first kappa shape index (κ1) is 17.4. The summed E-state index contributed by atoms with van der Waals surface area (Å²) in [5, 5.41) is 11.5. The maximum absolute atomic E-state index is 12.1. The number of carbonyl (C=O) groups is 1. The monoisotopic (exact) mass is 401 g/mol. The standard InChI is InChI=1S/C18H20BrN5O/c1-13-4-3-5-15(10-13)12-23-8-6-17(22-23)21-18(25)7-9-24-14(2)16(19)11-20-24/h3-6,8,10-11H,7,9,12H2,1-2H3,(H,21,22,25). The zero-order valence-corrected chi connectivity index (χ0v) is 15.8. The third-order valence-electron chi connectivity index (χ3n) is 3.93. The van der Waals surface area contributed by atoms with E-state index in [-0.39, 0.29) is 5.91 Å². The average molecular weight is 402 g/mol. The van der Waals surface area contributed by atoms with Crippen molar-refractivity contribution in [2.75, 3.05) is 5.32 Å². The Bertz CT molecular complexity index is 883. The quantitative estimate of drug-likeness (QED) is 0.686. The predicted molar refractivity (Wildman–Crippen MR) is 100 cm³/mol. The van der Waals surface area contributed by atoms with E-state index in [2.05, 4.69) is 56.6 Å². The summed E-state index contributed by atoms with van der Waals surface area (Å²) in [5.74, 6) is 0.489. The van der Waals surface area contributed by atoms with Crippen LogP contribution >= 0.6 is 15.9 Å². The molecule has 1 aromatic carbocycles. The van der Waals surface area contributed by atoms with E-state index in [0.717, 1.165) is 10.2 Å². The number of amides is 1. The first-order valence-electron chi connectivity index (χ1n) is 8.08. The molecule has 1 N–H and O–H groups in total. The van der Waals surface area contributed by atoms with E-state index in [4.69, 9.17) is 0 Å². The zero-order chi connectivity index (χ0) is 17.8. The second kappa shape index (κ2) is 7.65. The number of carbonyl (C=O) groups excluding carboxylic acids is 1. The number of hydrogen-bond donors (Lipinski definition) is 1. The smallest absolute Gasteiger partial charge is 0.227 e. The molecule has 0 aliphatic rings. The second-order valence-corrected chi connectivity index (χ2v) is 6.84. The van der Waals surface area contributed by atoms with Gasteiger partial charge < -0.3 is 5.32 Å². The van der Waals surface area contributed by atoms with Crippen molar-refractivity contribution in [2.24, 2.45) is 0 Å². The molecule has 3 aromatic rings. The molecule has 2 aromatic heterocycles. The summed E-state index contributed by atoms with van der Waals surface area (Å²) in [6.07, 6.45) is 3.95. The topological polar surface area (TPSA) is 64.7 Å². The molecule has 0 bridgehead atoms. The molecule has 0 saturated heterocycles. The normalized spacial score (nSPS) is 10.8. The summed E-state index contributed by atoms with van der Waals surface area (Å²) in [4.78, 5) is 12.1. The van der Waals surface area contributed by atoms with Crippen LogP contribution < -0.4 is 5.32 Å². The zero-order valence-electron chi connectivity index (χ0n) is 14.2. The van der Waals surface area contributed by atoms with Gasteiger partial charge in [0.25, 0.3) is 0 Å². The lowest BCUT2D eigenvalue weighted by Gasteiger charge is -2.05. The van der Waals surface area contributed by atoms with Crippen LogP contribution in [0.4, 0.5) is 5.82 Å². The summed E-state index contributed by atoms with van der Waals surface area (Å²) in [6, 6.07) is 10.1. The number of nitrogens with zero attached hydrogens (tertiary/aromatic N) is 4. The number of aromatic nitrogens is 4. The van der Waals surface area contributed by atoms with Crippen LogP contribution in [0, 0.1) is 13.8 Å². The van der Waals surface area contributed by atoms with Crippen molar-refractivity contribution in [1.82, 2.24) is 19.6 Å². The van der Waals surface area contributed by atoms with Gasteiger partial charge >= 0.3 is 0 Å². The maximum atomic E-state index is 12.1. The van der Waals surface area contributed by atoms with Gasteiger partial charge in [-0.15, -0.1) is 0 Å². The Morgan fingerprint density at radius 2 is 2.12 bits per heavy atom. The summed E-state index contributed by atoms with van der Waals surface area (Å²) < 4.78 is 4.57. The lowest BCUT2D eigenvalue weighted by molar-refractivity contribution is -0.116. The number of aryl methyl sites for hydroxylation is 2. The Morgan fingerprint density at radius 3 is 2.84 bits per heavy atom. The number of anilines is 1. The van der Waals surface area contributed by atoms with Gasteiger partial charge in [0, 0.05) is 24.4 Å². The molecule has 25 heavy (non-hydrogen) atoms. The molecule has 0 aliphatic heterocycles. The van der Waals surface area contributed by atoms with Crippen LogP contribution in [0.1, 0.15) is 23.2 Å². The highest BCUT2D eigenvalue weighted by molar-refractivity contribution is 9.10. The van der Waals surface area contributed by atoms with E-state index in [1.54, 1.807) is 10.9 Å². The van der Waals surface area contributed by atoms with Crippen molar-refractivity contribution in [1.29, 1.82) is 0 Å². The first-order chi connectivity index (χ1) is 12.0. The Balaban J connectivity index is 1.54. The molecule has 0 atom stereocenters. The summed E-state index contributed by atoms with van der Waals surface area (Å²) in [6.45, 7) is 5.24. The summed E-state index contributed by atoms with van der Waals surface area (Å²) in [5.41, 5.74) is 3.41. The van der Waals surface area contributed by atoms with E-state index in [1.807, 2.05) is 29.9 Å². The molecule has 130 valence electrons. The predicted octanol–water partition coefficient (Wildman–Crippen LogP) is 3.54. The highest BCUT2D eigenvalue weighted by Crippen LogP contribution is 2.14. The van der Waals surface area contributed by atoms with Crippen LogP contribution in [-0.4, -0.2) is 25.5 Å². The van der Waals surface area contributed by atoms with Gasteiger partial charge in [0.05, 0.1) is 23.8 Å². The van der Waals surface area contributed by atoms with Crippen molar-refractivity contribution in [2.45, 2.75) is 33.4 Å². The van der Waals surface area contributed by atoms with Gasteiger partial charge in [-0.3, -0.25) is 14.2 Å². The van der Waals surface area contributed by atoms with Crippen molar-refractivity contribution in [3.63, 3.8) is 0 Å². The number of rotatable bonds is 6. The first-order valence-corrected chi connectivity index (χ1v) is 8.87. The molecule has 0 fully saturated rings. The fourth-order valence-corrected chi connectivity index (χ4v) is 2.87. The highest BCUT2D eigenvalue weighted by atomic mass is 79.9. The average Bonchev–Trinajstić information content (AvgIpc) is 3.13. The Labute approximate surface area is 155 Å². The molecule has 7 heteroatoms. The SMILES string of the molecule is Cc1cccc(Cn2ccc(NC(=O)CCn3ncc(Br)c3C)n2)c1. The van der Waals surface area contributed by atoms with E-state index in [9.17, 15) is 4.79 Å². The minimum atomic E-state index is -0.0770. The van der Waals surface area contributed by atoms with Gasteiger partial charge in [-0.1, -0.05) is 29.8 Å². The number of halogens is 1. The van der Waals surface area contributed by atoms with Crippen LogP contribution in [0.5, 0.6) is 0 Å². The van der Waals surface area contributed by atoms with Crippen molar-refractivity contribution in [3.05, 3.63) is 64.0 Å². The van der Waals surface area contributed by atoms with Crippen LogP contribution in [0.15, 0.2) is 47.2 Å². The van der Waals surface area contributed by atoms with Gasteiger partial charge in [-0.25, -0.2) is 0 Å². The molecule has 2 heterocycles. The molecule has 0 spiro atoms. The molecular formula is C18H20BrN5O. The van der Waals surface area contributed by atoms with Crippen LogP contribution in [0.25, 0.3) is 0 Å². The fourth-order valence-electron chi connectivity index (χ4n) is 2.58. The molecule has 0 unspecified atom stereocenters. The van der Waals surface area contributed by atoms with Crippen LogP contribution in [-0.2, 0) is 17.9 Å². The van der Waals surface area contributed by atoms with E-state index in [0.29, 0.717) is 25.3 Å². The summed E-state index contributed by atoms with van der Waals surface area (Å²) >= 11 is 3.41. The van der Waals surface area contributed by atoms with Gasteiger partial charge in [0.2, 0.25) is 5.91 Å². The van der Waals surface area contributed by atoms with Crippen molar-refractivity contribution >= 4 is 27.7 Å². The third-order valence-corrected chi connectivity index (χ3v) is 4.71. The van der Waals surface area contributed by atoms with Gasteiger partial charge in [0.1, 0.15) is 0 Å². The Morgan fingerprint density at radius 1 is 1.28 bits per heavy atom. The van der Waals surface area contributed by atoms with Gasteiger partial charge in [-0.2, -0.15) is 10.2 Å². The lowest BCUT2D eigenvalue weighted by atomic mass is 10.1. The molecule has 0 saturated carbocycles. The minimum absolute atomic E-state index is 0.0770.